The van der Waals surface area contributed by atoms with Crippen molar-refractivity contribution in [1.29, 1.82) is 0 Å². The highest BCUT2D eigenvalue weighted by molar-refractivity contribution is 7.48. The van der Waals surface area contributed by atoms with Crippen molar-refractivity contribution in [2.45, 2.75) is 18.6 Å². The van der Waals surface area contributed by atoms with Gasteiger partial charge in [-0.05, 0) is 6.92 Å². The van der Waals surface area contributed by atoms with E-state index in [4.69, 9.17) is 5.11 Å². The lowest BCUT2D eigenvalue weighted by Crippen LogP contribution is -2.45. The van der Waals surface area contributed by atoms with Crippen LogP contribution in [0.1, 0.15) is 6.92 Å². The molecule has 0 aromatic carbocycles. The predicted octanol–water partition coefficient (Wildman–Crippen LogP) is -0.492. The Kier molecular flexibility index (Phi) is 5.90. The van der Waals surface area contributed by atoms with E-state index in [2.05, 4.69) is 13.6 Å². The highest BCUT2D eigenvalue weighted by Gasteiger charge is 2.33. The first-order valence-corrected chi connectivity index (χ1v) is 5.64. The Bertz CT molecular complexity index is 221. The van der Waals surface area contributed by atoms with Gasteiger partial charge in [-0.15, -0.1) is 0 Å². The summed E-state index contributed by atoms with van der Waals surface area (Å²) in [5, 5.41) is 27.5. The van der Waals surface area contributed by atoms with Crippen LogP contribution in [0, 0.1) is 0 Å². The van der Waals surface area contributed by atoms with Crippen molar-refractivity contribution in [3.63, 3.8) is 0 Å². The summed E-state index contributed by atoms with van der Waals surface area (Å²) in [5.74, 6) is 0. The van der Waals surface area contributed by atoms with E-state index in [1.807, 2.05) is 0 Å². The lowest BCUT2D eigenvalue weighted by Gasteiger charge is -2.27. The first kappa shape index (κ1) is 15.0. The maximum atomic E-state index is 11.3. The molecule has 7 nitrogen and oxygen atoms in total. The average Bonchev–Trinajstić information content (AvgIpc) is 2.25. The fourth-order valence-electron chi connectivity index (χ4n) is 0.627. The number of phosphoric ester groups is 1. The topological polar surface area (TPSA) is 105 Å². The van der Waals surface area contributed by atoms with Gasteiger partial charge in [-0.3, -0.25) is 13.6 Å². The maximum absolute atomic E-state index is 11.3. The third kappa shape index (κ3) is 4.56. The van der Waals surface area contributed by atoms with E-state index in [0.29, 0.717) is 0 Å². The Labute approximate surface area is 88.2 Å². The summed E-state index contributed by atoms with van der Waals surface area (Å²) in [7, 11) is -1.42. The quantitative estimate of drug-likeness (QED) is 0.519. The molecule has 0 spiro atoms. The molecule has 0 aliphatic rings. The van der Waals surface area contributed by atoms with Crippen molar-refractivity contribution >= 4 is 7.82 Å². The van der Waals surface area contributed by atoms with Gasteiger partial charge in [0.05, 0.1) is 13.2 Å². The van der Waals surface area contributed by atoms with Crippen molar-refractivity contribution in [1.82, 2.24) is 0 Å². The number of hydrogen-bond acceptors (Lipinski definition) is 7. The van der Waals surface area contributed by atoms with Crippen molar-refractivity contribution in [2.75, 3.05) is 27.4 Å². The molecule has 2 atom stereocenters. The Morgan fingerprint density at radius 1 is 1.40 bits per heavy atom. The van der Waals surface area contributed by atoms with Crippen LogP contribution in [-0.2, 0) is 18.1 Å². The van der Waals surface area contributed by atoms with E-state index in [9.17, 15) is 14.8 Å². The van der Waals surface area contributed by atoms with Crippen molar-refractivity contribution in [2.24, 2.45) is 0 Å². The van der Waals surface area contributed by atoms with Crippen molar-refractivity contribution in [3.8, 4) is 0 Å². The smallest absolute Gasteiger partial charge is 0.393 e. The second-order valence-electron chi connectivity index (χ2n) is 3.14. The van der Waals surface area contributed by atoms with Crippen LogP contribution >= 0.6 is 7.82 Å². The molecule has 0 fully saturated rings. The van der Waals surface area contributed by atoms with Gasteiger partial charge in [0.1, 0.15) is 11.7 Å². The van der Waals surface area contributed by atoms with E-state index in [-0.39, 0.29) is 0 Å². The van der Waals surface area contributed by atoms with Gasteiger partial charge < -0.3 is 15.3 Å². The number of phosphoric acid groups is 1. The van der Waals surface area contributed by atoms with Gasteiger partial charge >= 0.3 is 7.82 Å². The lowest BCUT2D eigenvalue weighted by molar-refractivity contribution is -0.108. The predicted molar refractivity (Wildman–Crippen MR) is 51.3 cm³/mol. The monoisotopic (exact) mass is 244 g/mol. The number of rotatable bonds is 7. The fraction of sp³-hybridized carbons (Fsp3) is 1.00. The Hall–Kier alpha value is -0.0100. The zero-order chi connectivity index (χ0) is 12.1. The highest BCUT2D eigenvalue weighted by Crippen LogP contribution is 2.47. The number of aliphatic hydroxyl groups excluding tert-OH is 2. The summed E-state index contributed by atoms with van der Waals surface area (Å²) in [6, 6.07) is 0. The Morgan fingerprint density at radius 2 is 1.87 bits per heavy atom. The summed E-state index contributed by atoms with van der Waals surface area (Å²) in [6.45, 7) is 0.0832. The summed E-state index contributed by atoms with van der Waals surface area (Å²) in [6.07, 6.45) is -1.40. The Balaban J connectivity index is 4.22. The molecule has 0 saturated heterocycles. The molecule has 8 heteroatoms. The van der Waals surface area contributed by atoms with Gasteiger partial charge in [-0.1, -0.05) is 0 Å². The molecular formula is C7H17O7P. The first-order valence-electron chi connectivity index (χ1n) is 4.18. The van der Waals surface area contributed by atoms with E-state index in [0.717, 1.165) is 14.2 Å². The molecule has 0 aliphatic heterocycles. The van der Waals surface area contributed by atoms with Crippen LogP contribution in [0.15, 0.2) is 0 Å². The van der Waals surface area contributed by atoms with Gasteiger partial charge in [-0.25, -0.2) is 4.57 Å². The standard InChI is InChI=1S/C7H17O7P/c1-7(10,5-8)6(9)4-14-15(11,12-2)13-3/h6,8-10H,4-5H2,1-3H3. The largest absolute Gasteiger partial charge is 0.474 e. The SMILES string of the molecule is COP(=O)(OC)OCC(O)C(C)(O)CO. The van der Waals surface area contributed by atoms with Crippen LogP contribution in [0.5, 0.6) is 0 Å². The molecule has 0 aliphatic carbocycles. The Morgan fingerprint density at radius 3 is 2.20 bits per heavy atom. The zero-order valence-corrected chi connectivity index (χ0v) is 9.81. The highest BCUT2D eigenvalue weighted by atomic mass is 31.2. The minimum absolute atomic E-state index is 0.480. The molecular weight excluding hydrogens is 227 g/mol. The molecule has 0 rings (SSSR count). The molecule has 0 aromatic heterocycles. The van der Waals surface area contributed by atoms with Crippen molar-refractivity contribution in [3.05, 3.63) is 0 Å². The molecule has 3 N–H and O–H groups in total. The molecule has 0 heterocycles. The third-order valence-corrected chi connectivity index (χ3v) is 3.24. The van der Waals surface area contributed by atoms with Gasteiger partial charge in [0.2, 0.25) is 0 Å². The minimum Gasteiger partial charge on any atom is -0.393 e. The molecule has 15 heavy (non-hydrogen) atoms. The summed E-state index contributed by atoms with van der Waals surface area (Å²) in [4.78, 5) is 0. The van der Waals surface area contributed by atoms with Crippen LogP contribution < -0.4 is 0 Å². The normalized spacial score (nSPS) is 18.5. The molecule has 0 aromatic rings. The minimum atomic E-state index is -3.67. The second-order valence-corrected chi connectivity index (χ2v) is 5.02. The first-order chi connectivity index (χ1) is 6.81. The summed E-state index contributed by atoms with van der Waals surface area (Å²) in [5.41, 5.74) is -1.73. The fourth-order valence-corrected chi connectivity index (χ4v) is 1.31. The van der Waals surface area contributed by atoms with Crippen LogP contribution in [0.2, 0.25) is 0 Å². The average molecular weight is 244 g/mol. The van der Waals surface area contributed by atoms with Gasteiger partial charge in [0.25, 0.3) is 0 Å². The maximum Gasteiger partial charge on any atom is 0.474 e. The van der Waals surface area contributed by atoms with Gasteiger partial charge in [0.15, 0.2) is 0 Å². The van der Waals surface area contributed by atoms with E-state index < -0.39 is 32.7 Å². The molecule has 0 amide bonds. The van der Waals surface area contributed by atoms with Crippen LogP contribution in [0.3, 0.4) is 0 Å². The lowest BCUT2D eigenvalue weighted by atomic mass is 10.0. The van der Waals surface area contributed by atoms with E-state index in [1.54, 1.807) is 0 Å². The third-order valence-electron chi connectivity index (χ3n) is 1.88. The van der Waals surface area contributed by atoms with E-state index >= 15 is 0 Å². The number of aliphatic hydroxyl groups is 3. The molecule has 0 bridgehead atoms. The summed E-state index contributed by atoms with van der Waals surface area (Å²) >= 11 is 0. The van der Waals surface area contributed by atoms with Crippen LogP contribution in [0.4, 0.5) is 0 Å². The second kappa shape index (κ2) is 5.91. The van der Waals surface area contributed by atoms with Crippen LogP contribution in [0.25, 0.3) is 0 Å². The van der Waals surface area contributed by atoms with Gasteiger partial charge in [-0.2, -0.15) is 0 Å². The van der Waals surface area contributed by atoms with Crippen molar-refractivity contribution < 1.29 is 33.5 Å². The molecule has 2 unspecified atom stereocenters. The molecule has 0 radical (unpaired) electrons. The van der Waals surface area contributed by atoms with E-state index in [1.165, 1.54) is 6.92 Å². The van der Waals surface area contributed by atoms with Gasteiger partial charge in [0, 0.05) is 14.2 Å². The summed E-state index contributed by atoms with van der Waals surface area (Å²) < 4.78 is 24.9. The van der Waals surface area contributed by atoms with Crippen LogP contribution in [-0.4, -0.2) is 54.5 Å². The number of hydrogen-bond donors (Lipinski definition) is 3. The molecule has 0 saturated carbocycles. The zero-order valence-electron chi connectivity index (χ0n) is 8.91. The molecule has 92 valence electrons.